The summed E-state index contributed by atoms with van der Waals surface area (Å²) in [6, 6.07) is 22.4. The number of carbonyl (C=O) groups is 2. The van der Waals surface area contributed by atoms with Gasteiger partial charge in [-0.3, -0.25) is 0 Å². The standard InChI is InChI=1S/C23H22O4/c24-22(19-10-3-1-4-11-19)26-15-7-2-8-16-27-23(25)21-14-13-18-9-5-6-12-20(18)17-21/h1,3-6,9-14,17H,2,7-8,15-16H2. The Morgan fingerprint density at radius 2 is 1.19 bits per heavy atom. The Kier molecular flexibility index (Phi) is 6.58. The molecule has 0 heterocycles. The van der Waals surface area contributed by atoms with Crippen molar-refractivity contribution in [2.24, 2.45) is 0 Å². The van der Waals surface area contributed by atoms with E-state index in [4.69, 9.17) is 9.47 Å². The van der Waals surface area contributed by atoms with Gasteiger partial charge in [0.05, 0.1) is 24.3 Å². The van der Waals surface area contributed by atoms with E-state index in [9.17, 15) is 9.59 Å². The van der Waals surface area contributed by atoms with E-state index in [1.807, 2.05) is 42.5 Å². The predicted octanol–water partition coefficient (Wildman–Crippen LogP) is 5.02. The molecule has 0 aliphatic carbocycles. The van der Waals surface area contributed by atoms with Crippen LogP contribution in [0.4, 0.5) is 0 Å². The quantitative estimate of drug-likeness (QED) is 0.417. The van der Waals surface area contributed by atoms with Gasteiger partial charge in [0.2, 0.25) is 0 Å². The van der Waals surface area contributed by atoms with Crippen molar-refractivity contribution < 1.29 is 19.1 Å². The first-order valence-electron chi connectivity index (χ1n) is 9.12. The van der Waals surface area contributed by atoms with Gasteiger partial charge in [-0.25, -0.2) is 9.59 Å². The molecule has 0 aliphatic heterocycles. The minimum atomic E-state index is -0.309. The van der Waals surface area contributed by atoms with Crippen molar-refractivity contribution >= 4 is 22.7 Å². The zero-order valence-electron chi connectivity index (χ0n) is 15.1. The fourth-order valence-electron chi connectivity index (χ4n) is 2.77. The van der Waals surface area contributed by atoms with Crippen LogP contribution in [-0.2, 0) is 9.47 Å². The lowest BCUT2D eigenvalue weighted by Gasteiger charge is -2.07. The Morgan fingerprint density at radius 3 is 1.89 bits per heavy atom. The number of hydrogen-bond donors (Lipinski definition) is 0. The predicted molar refractivity (Wildman–Crippen MR) is 105 cm³/mol. The zero-order valence-corrected chi connectivity index (χ0v) is 15.1. The van der Waals surface area contributed by atoms with Crippen LogP contribution in [0.25, 0.3) is 10.8 Å². The van der Waals surface area contributed by atoms with E-state index < -0.39 is 0 Å². The van der Waals surface area contributed by atoms with Crippen LogP contribution in [-0.4, -0.2) is 25.2 Å². The van der Waals surface area contributed by atoms with Gasteiger partial charge in [-0.05, 0) is 54.3 Å². The van der Waals surface area contributed by atoms with Crippen molar-refractivity contribution in [3.8, 4) is 0 Å². The van der Waals surface area contributed by atoms with Crippen LogP contribution in [0.5, 0.6) is 0 Å². The third-order valence-corrected chi connectivity index (χ3v) is 4.25. The highest BCUT2D eigenvalue weighted by atomic mass is 16.5. The smallest absolute Gasteiger partial charge is 0.338 e. The second kappa shape index (κ2) is 9.53. The molecule has 4 nitrogen and oxygen atoms in total. The lowest BCUT2D eigenvalue weighted by Crippen LogP contribution is -2.08. The first kappa shape index (κ1) is 18.6. The van der Waals surface area contributed by atoms with E-state index in [1.165, 1.54) is 0 Å². The van der Waals surface area contributed by atoms with Gasteiger partial charge in [0, 0.05) is 0 Å². The van der Waals surface area contributed by atoms with Crippen LogP contribution in [0.2, 0.25) is 0 Å². The lowest BCUT2D eigenvalue weighted by atomic mass is 10.1. The monoisotopic (exact) mass is 362 g/mol. The van der Waals surface area contributed by atoms with Gasteiger partial charge in [0.25, 0.3) is 0 Å². The highest BCUT2D eigenvalue weighted by Crippen LogP contribution is 2.16. The van der Waals surface area contributed by atoms with Gasteiger partial charge in [-0.15, -0.1) is 0 Å². The molecule has 0 atom stereocenters. The Bertz CT molecular complexity index is 902. The largest absolute Gasteiger partial charge is 0.462 e. The molecule has 4 heteroatoms. The molecule has 0 saturated heterocycles. The van der Waals surface area contributed by atoms with Gasteiger partial charge in [-0.2, -0.15) is 0 Å². The minimum absolute atomic E-state index is 0.307. The van der Waals surface area contributed by atoms with E-state index in [2.05, 4.69) is 0 Å². The van der Waals surface area contributed by atoms with Crippen LogP contribution in [0.1, 0.15) is 40.0 Å². The number of fused-ring (bicyclic) bond motifs is 1. The molecule has 138 valence electrons. The number of carbonyl (C=O) groups excluding carboxylic acids is 2. The van der Waals surface area contributed by atoms with Crippen molar-refractivity contribution in [3.63, 3.8) is 0 Å². The van der Waals surface area contributed by atoms with E-state index in [0.717, 1.165) is 30.0 Å². The van der Waals surface area contributed by atoms with E-state index >= 15 is 0 Å². The van der Waals surface area contributed by atoms with Crippen molar-refractivity contribution in [1.82, 2.24) is 0 Å². The Hall–Kier alpha value is -3.14. The van der Waals surface area contributed by atoms with Gasteiger partial charge < -0.3 is 9.47 Å². The number of benzene rings is 3. The van der Waals surface area contributed by atoms with Crippen LogP contribution < -0.4 is 0 Å². The van der Waals surface area contributed by atoms with Crippen molar-refractivity contribution in [1.29, 1.82) is 0 Å². The summed E-state index contributed by atoms with van der Waals surface area (Å²) in [5.74, 6) is -0.616. The maximum atomic E-state index is 12.1. The molecule has 0 radical (unpaired) electrons. The second-order valence-corrected chi connectivity index (χ2v) is 6.26. The van der Waals surface area contributed by atoms with Crippen molar-refractivity contribution in [2.75, 3.05) is 13.2 Å². The summed E-state index contributed by atoms with van der Waals surface area (Å²) in [4.78, 5) is 23.9. The normalized spacial score (nSPS) is 10.5. The van der Waals surface area contributed by atoms with Gasteiger partial charge in [0.1, 0.15) is 0 Å². The maximum Gasteiger partial charge on any atom is 0.338 e. The zero-order chi connectivity index (χ0) is 18.9. The summed E-state index contributed by atoms with van der Waals surface area (Å²) in [7, 11) is 0. The molecule has 0 N–H and O–H groups in total. The number of ether oxygens (including phenoxy) is 2. The lowest BCUT2D eigenvalue weighted by molar-refractivity contribution is 0.0478. The number of hydrogen-bond acceptors (Lipinski definition) is 4. The Labute approximate surface area is 158 Å². The van der Waals surface area contributed by atoms with Crippen molar-refractivity contribution in [3.05, 3.63) is 83.9 Å². The molecule has 0 aliphatic rings. The number of esters is 2. The minimum Gasteiger partial charge on any atom is -0.462 e. The average molecular weight is 362 g/mol. The van der Waals surface area contributed by atoms with Gasteiger partial charge in [-0.1, -0.05) is 48.5 Å². The summed E-state index contributed by atoms with van der Waals surface area (Å²) < 4.78 is 10.5. The molecule has 0 bridgehead atoms. The van der Waals surface area contributed by atoms with Crippen LogP contribution in [0.3, 0.4) is 0 Å². The average Bonchev–Trinajstić information content (AvgIpc) is 2.73. The summed E-state index contributed by atoms with van der Waals surface area (Å²) in [5.41, 5.74) is 1.12. The molecule has 3 aromatic rings. The SMILES string of the molecule is O=C(OCCCCCOC(=O)c1ccc2ccccc2c1)c1ccccc1. The molecule has 0 amide bonds. The van der Waals surface area contributed by atoms with E-state index in [-0.39, 0.29) is 11.9 Å². The summed E-state index contributed by atoms with van der Waals surface area (Å²) in [5, 5.41) is 2.12. The Morgan fingerprint density at radius 1 is 0.593 bits per heavy atom. The maximum absolute atomic E-state index is 12.1. The topological polar surface area (TPSA) is 52.6 Å². The summed E-state index contributed by atoms with van der Waals surface area (Å²) in [6.07, 6.45) is 2.31. The summed E-state index contributed by atoms with van der Waals surface area (Å²) in [6.45, 7) is 0.727. The number of unbranched alkanes of at least 4 members (excludes halogenated alkanes) is 2. The van der Waals surface area contributed by atoms with Crippen molar-refractivity contribution in [2.45, 2.75) is 19.3 Å². The van der Waals surface area contributed by atoms with Crippen LogP contribution >= 0.6 is 0 Å². The number of rotatable bonds is 8. The molecule has 0 unspecified atom stereocenters. The van der Waals surface area contributed by atoms with Crippen LogP contribution in [0, 0.1) is 0 Å². The molecule has 3 rings (SSSR count). The third kappa shape index (κ3) is 5.42. The summed E-state index contributed by atoms with van der Waals surface area (Å²) >= 11 is 0. The van der Waals surface area contributed by atoms with Gasteiger partial charge >= 0.3 is 11.9 Å². The molecule has 0 aromatic heterocycles. The molecular weight excluding hydrogens is 340 g/mol. The first-order valence-corrected chi connectivity index (χ1v) is 9.12. The van der Waals surface area contributed by atoms with Gasteiger partial charge in [0.15, 0.2) is 0 Å². The highest BCUT2D eigenvalue weighted by Gasteiger charge is 2.08. The highest BCUT2D eigenvalue weighted by molar-refractivity contribution is 5.95. The molecule has 0 saturated carbocycles. The van der Waals surface area contributed by atoms with Crippen LogP contribution in [0.15, 0.2) is 72.8 Å². The fraction of sp³-hybridized carbons (Fsp3) is 0.217. The molecule has 27 heavy (non-hydrogen) atoms. The third-order valence-electron chi connectivity index (χ3n) is 4.25. The molecule has 3 aromatic carbocycles. The van der Waals surface area contributed by atoms with E-state index in [0.29, 0.717) is 24.3 Å². The van der Waals surface area contributed by atoms with E-state index in [1.54, 1.807) is 30.3 Å². The molecule has 0 fully saturated rings. The second-order valence-electron chi connectivity index (χ2n) is 6.26. The first-order chi connectivity index (χ1) is 13.2. The fourth-order valence-corrected chi connectivity index (χ4v) is 2.77. The molecule has 0 spiro atoms. The molecular formula is C23H22O4. The Balaban J connectivity index is 1.32.